The number of ether oxygens (including phenoxy) is 2. The highest BCUT2D eigenvalue weighted by atomic mass is 16.5. The van der Waals surface area contributed by atoms with Crippen molar-refractivity contribution in [3.63, 3.8) is 0 Å². The highest BCUT2D eigenvalue weighted by Gasteiger charge is 2.07. The number of nitrogens with one attached hydrogen (secondary N) is 2. The summed E-state index contributed by atoms with van der Waals surface area (Å²) in [7, 11) is 0. The second-order valence-corrected chi connectivity index (χ2v) is 8.86. The number of amides is 1. The average Bonchev–Trinajstić information content (AvgIpc) is 3.24. The lowest BCUT2D eigenvalue weighted by Crippen LogP contribution is -2.24. The molecular formula is C29H31N3O6. The van der Waals surface area contributed by atoms with Crippen molar-refractivity contribution >= 4 is 5.91 Å². The molecule has 1 heterocycles. The van der Waals surface area contributed by atoms with Gasteiger partial charge in [0.1, 0.15) is 18.1 Å². The number of H-pyrrole nitrogens is 1. The first-order chi connectivity index (χ1) is 18.4. The summed E-state index contributed by atoms with van der Waals surface area (Å²) in [6.45, 7) is 5.59. The van der Waals surface area contributed by atoms with Crippen LogP contribution in [0.1, 0.15) is 36.5 Å². The Morgan fingerprint density at radius 3 is 2.47 bits per heavy atom. The predicted molar refractivity (Wildman–Crippen MR) is 143 cm³/mol. The Bertz CT molecular complexity index is 1480. The summed E-state index contributed by atoms with van der Waals surface area (Å²) in [5.74, 6) is 0.770. The van der Waals surface area contributed by atoms with Gasteiger partial charge in [-0.15, -0.1) is 4.74 Å². The summed E-state index contributed by atoms with van der Waals surface area (Å²) < 4.78 is 17.6. The normalized spacial score (nSPS) is 10.8. The maximum absolute atomic E-state index is 11.6. The molecule has 0 saturated heterocycles. The number of aromatic amines is 1. The fourth-order valence-corrected chi connectivity index (χ4v) is 3.94. The third-order valence-corrected chi connectivity index (χ3v) is 5.95. The molecule has 2 N–H and O–H groups in total. The van der Waals surface area contributed by atoms with Crippen LogP contribution in [-0.4, -0.2) is 28.8 Å². The minimum Gasteiger partial charge on any atom is -0.494 e. The molecule has 4 aromatic rings. The molecule has 0 bridgehead atoms. The SMILES string of the molecule is CCC(=O)NCCCOc1ccc(-c2cccc(COc3ccc(Cn4oc(=O)[nH]c4=O)cc3)c2)c(C)c1. The Balaban J connectivity index is 1.31. The molecule has 9 nitrogen and oxygen atoms in total. The van der Waals surface area contributed by atoms with Gasteiger partial charge in [0, 0.05) is 13.0 Å². The number of hydrogen-bond acceptors (Lipinski definition) is 6. The number of carbonyl (C=O) groups is 1. The summed E-state index contributed by atoms with van der Waals surface area (Å²) in [5.41, 5.74) is 4.56. The molecule has 38 heavy (non-hydrogen) atoms. The number of aromatic nitrogens is 2. The van der Waals surface area contributed by atoms with Crippen LogP contribution in [0.2, 0.25) is 0 Å². The van der Waals surface area contributed by atoms with Crippen LogP contribution in [0.5, 0.6) is 11.5 Å². The molecule has 198 valence electrons. The van der Waals surface area contributed by atoms with Crippen LogP contribution < -0.4 is 26.2 Å². The third kappa shape index (κ3) is 7.25. The van der Waals surface area contributed by atoms with Crippen LogP contribution in [0.25, 0.3) is 11.1 Å². The van der Waals surface area contributed by atoms with Gasteiger partial charge in [0.05, 0.1) is 13.2 Å². The van der Waals surface area contributed by atoms with Crippen LogP contribution in [0, 0.1) is 6.92 Å². The van der Waals surface area contributed by atoms with Gasteiger partial charge in [-0.25, -0.2) is 14.6 Å². The van der Waals surface area contributed by atoms with Gasteiger partial charge in [0.25, 0.3) is 0 Å². The van der Waals surface area contributed by atoms with Crippen molar-refractivity contribution in [1.29, 1.82) is 0 Å². The summed E-state index contributed by atoms with van der Waals surface area (Å²) in [6, 6.07) is 21.5. The van der Waals surface area contributed by atoms with E-state index in [1.165, 1.54) is 0 Å². The Kier molecular flexibility index (Phi) is 8.81. The summed E-state index contributed by atoms with van der Waals surface area (Å²) in [4.78, 5) is 36.1. The van der Waals surface area contributed by atoms with Crippen molar-refractivity contribution in [2.75, 3.05) is 13.2 Å². The lowest BCUT2D eigenvalue weighted by Gasteiger charge is -2.12. The number of rotatable bonds is 12. The van der Waals surface area contributed by atoms with E-state index in [4.69, 9.17) is 14.0 Å². The van der Waals surface area contributed by atoms with Gasteiger partial charge in [-0.05, 0) is 71.5 Å². The molecule has 0 saturated carbocycles. The Morgan fingerprint density at radius 1 is 0.974 bits per heavy atom. The average molecular weight is 518 g/mol. The van der Waals surface area contributed by atoms with E-state index >= 15 is 0 Å². The van der Waals surface area contributed by atoms with Crippen LogP contribution in [0.3, 0.4) is 0 Å². The maximum Gasteiger partial charge on any atom is 0.440 e. The number of carbonyl (C=O) groups excluding carboxylic acids is 1. The number of aryl methyl sites for hydroxylation is 1. The van der Waals surface area contributed by atoms with Crippen LogP contribution in [-0.2, 0) is 17.9 Å². The van der Waals surface area contributed by atoms with E-state index in [-0.39, 0.29) is 12.5 Å². The molecule has 0 aliphatic heterocycles. The lowest BCUT2D eigenvalue weighted by atomic mass is 9.99. The van der Waals surface area contributed by atoms with E-state index in [1.54, 1.807) is 0 Å². The Morgan fingerprint density at radius 2 is 1.76 bits per heavy atom. The minimum atomic E-state index is -0.776. The zero-order valence-electron chi connectivity index (χ0n) is 21.5. The molecule has 0 atom stereocenters. The molecule has 9 heteroatoms. The monoisotopic (exact) mass is 517 g/mol. The third-order valence-electron chi connectivity index (χ3n) is 5.95. The topological polar surface area (TPSA) is 116 Å². The van der Waals surface area contributed by atoms with Gasteiger partial charge in [-0.2, -0.15) is 0 Å². The highest BCUT2D eigenvalue weighted by molar-refractivity contribution is 5.75. The molecule has 0 aliphatic carbocycles. The fourth-order valence-electron chi connectivity index (χ4n) is 3.94. The van der Waals surface area contributed by atoms with Crippen molar-refractivity contribution < 1.29 is 18.8 Å². The number of hydrogen-bond donors (Lipinski definition) is 2. The van der Waals surface area contributed by atoms with Crippen LogP contribution in [0.4, 0.5) is 0 Å². The zero-order chi connectivity index (χ0) is 26.9. The van der Waals surface area contributed by atoms with Crippen molar-refractivity contribution in [1.82, 2.24) is 15.0 Å². The molecule has 0 radical (unpaired) electrons. The van der Waals surface area contributed by atoms with E-state index < -0.39 is 11.4 Å². The van der Waals surface area contributed by atoms with Crippen molar-refractivity contribution in [3.8, 4) is 22.6 Å². The largest absolute Gasteiger partial charge is 0.494 e. The van der Waals surface area contributed by atoms with Crippen molar-refractivity contribution in [2.24, 2.45) is 0 Å². The highest BCUT2D eigenvalue weighted by Crippen LogP contribution is 2.28. The maximum atomic E-state index is 11.6. The molecule has 3 aromatic carbocycles. The zero-order valence-corrected chi connectivity index (χ0v) is 21.5. The molecule has 0 aliphatic rings. The van der Waals surface area contributed by atoms with Gasteiger partial charge < -0.3 is 19.3 Å². The predicted octanol–water partition coefficient (Wildman–Crippen LogP) is 4.03. The summed E-state index contributed by atoms with van der Waals surface area (Å²) >= 11 is 0. The Hall–Kier alpha value is -4.53. The van der Waals surface area contributed by atoms with E-state index in [1.807, 2.05) is 55.5 Å². The molecule has 0 fully saturated rings. The smallest absolute Gasteiger partial charge is 0.440 e. The molecule has 1 amide bonds. The second-order valence-electron chi connectivity index (χ2n) is 8.86. The van der Waals surface area contributed by atoms with Gasteiger partial charge in [0.15, 0.2) is 0 Å². The molecule has 0 unspecified atom stereocenters. The molecule has 4 rings (SSSR count). The quantitative estimate of drug-likeness (QED) is 0.274. The fraction of sp³-hybridized carbons (Fsp3) is 0.276. The molecule has 0 spiro atoms. The van der Waals surface area contributed by atoms with E-state index in [2.05, 4.69) is 35.4 Å². The first-order valence-corrected chi connectivity index (χ1v) is 12.5. The van der Waals surface area contributed by atoms with E-state index in [0.29, 0.717) is 31.9 Å². The lowest BCUT2D eigenvalue weighted by molar-refractivity contribution is -0.120. The second kappa shape index (κ2) is 12.6. The molecule has 1 aromatic heterocycles. The van der Waals surface area contributed by atoms with Gasteiger partial charge >= 0.3 is 11.4 Å². The van der Waals surface area contributed by atoms with Crippen molar-refractivity contribution in [3.05, 3.63) is 104 Å². The first kappa shape index (κ1) is 26.5. The standard InChI is InChI=1S/C29H31N3O6/c1-3-27(33)30-14-5-15-36-25-12-13-26(20(2)16-25)23-7-4-6-22(17-23)19-37-24-10-8-21(9-11-24)18-32-28(34)31-29(35)38-32/h4,6-13,16-17H,3,5,14-15,18-19H2,1-2H3,(H,30,33)(H,31,34,35). The Labute approximate surface area is 220 Å². The summed E-state index contributed by atoms with van der Waals surface area (Å²) in [5, 5.41) is 2.85. The van der Waals surface area contributed by atoms with Crippen LogP contribution >= 0.6 is 0 Å². The van der Waals surface area contributed by atoms with Gasteiger partial charge in [-0.3, -0.25) is 4.79 Å². The van der Waals surface area contributed by atoms with Gasteiger partial charge in [0.2, 0.25) is 5.91 Å². The summed E-state index contributed by atoms with van der Waals surface area (Å²) in [6.07, 6.45) is 1.24. The van der Waals surface area contributed by atoms with Crippen LogP contribution in [0.15, 0.2) is 80.8 Å². The number of nitrogens with zero attached hydrogens (tertiary/aromatic N) is 1. The number of benzene rings is 3. The minimum absolute atomic E-state index is 0.0514. The van der Waals surface area contributed by atoms with Gasteiger partial charge in [-0.1, -0.05) is 43.3 Å². The van der Waals surface area contributed by atoms with E-state index in [0.717, 1.165) is 44.7 Å². The van der Waals surface area contributed by atoms with Crippen molar-refractivity contribution in [2.45, 2.75) is 39.8 Å². The first-order valence-electron chi connectivity index (χ1n) is 12.5. The molecular weight excluding hydrogens is 486 g/mol. The van der Waals surface area contributed by atoms with E-state index in [9.17, 15) is 14.4 Å².